The summed E-state index contributed by atoms with van der Waals surface area (Å²) in [4.78, 5) is 32.1. The van der Waals surface area contributed by atoms with Gasteiger partial charge >= 0.3 is 0 Å². The zero-order valence-electron chi connectivity index (χ0n) is 17.6. The van der Waals surface area contributed by atoms with Crippen LogP contribution in [0.25, 0.3) is 22.2 Å². The molecule has 0 aliphatic rings. The smallest absolute Gasteiger partial charge is 0.257 e. The summed E-state index contributed by atoms with van der Waals surface area (Å²) in [6, 6.07) is 28.0. The van der Waals surface area contributed by atoms with Gasteiger partial charge in [-0.2, -0.15) is 0 Å². The first kappa shape index (κ1) is 20.2. The molecule has 0 spiro atoms. The highest BCUT2D eigenvalue weighted by atomic mass is 16.2. The van der Waals surface area contributed by atoms with Crippen molar-refractivity contribution in [1.82, 2.24) is 9.97 Å². The van der Waals surface area contributed by atoms with Gasteiger partial charge < -0.3 is 15.6 Å². The van der Waals surface area contributed by atoms with Crippen molar-refractivity contribution in [1.29, 1.82) is 0 Å². The fourth-order valence-electron chi connectivity index (χ4n) is 3.59. The van der Waals surface area contributed by atoms with Crippen LogP contribution in [0.3, 0.4) is 0 Å². The lowest BCUT2D eigenvalue weighted by atomic mass is 10.1. The van der Waals surface area contributed by atoms with Crippen molar-refractivity contribution < 1.29 is 9.59 Å². The molecule has 6 nitrogen and oxygen atoms in total. The molecule has 160 valence electrons. The summed E-state index contributed by atoms with van der Waals surface area (Å²) in [5, 5.41) is 6.80. The Morgan fingerprint density at radius 2 is 1.39 bits per heavy atom. The average molecular weight is 432 g/mol. The van der Waals surface area contributed by atoms with Crippen LogP contribution < -0.4 is 10.6 Å². The first-order valence-electron chi connectivity index (χ1n) is 10.5. The molecule has 0 atom stereocenters. The molecule has 2 aromatic heterocycles. The third-order valence-corrected chi connectivity index (χ3v) is 5.29. The lowest BCUT2D eigenvalue weighted by molar-refractivity contribution is 0.101. The molecule has 0 aliphatic carbocycles. The highest BCUT2D eigenvalue weighted by molar-refractivity contribution is 6.05. The second-order valence-corrected chi connectivity index (χ2v) is 7.58. The second kappa shape index (κ2) is 8.80. The highest BCUT2D eigenvalue weighted by Crippen LogP contribution is 2.27. The van der Waals surface area contributed by atoms with E-state index >= 15 is 0 Å². The summed E-state index contributed by atoms with van der Waals surface area (Å²) >= 11 is 0. The minimum atomic E-state index is -0.202. The van der Waals surface area contributed by atoms with Gasteiger partial charge in [0.1, 0.15) is 0 Å². The third-order valence-electron chi connectivity index (χ3n) is 5.29. The van der Waals surface area contributed by atoms with Gasteiger partial charge in [0.05, 0.1) is 5.56 Å². The van der Waals surface area contributed by atoms with Gasteiger partial charge in [0.25, 0.3) is 11.8 Å². The molecule has 2 amide bonds. The van der Waals surface area contributed by atoms with E-state index in [2.05, 4.69) is 20.6 Å². The van der Waals surface area contributed by atoms with E-state index in [-0.39, 0.29) is 11.8 Å². The molecule has 3 aromatic carbocycles. The lowest BCUT2D eigenvalue weighted by Gasteiger charge is -2.06. The number of pyridine rings is 1. The number of amides is 2. The molecular formula is C27H20N4O2. The van der Waals surface area contributed by atoms with Crippen LogP contribution >= 0.6 is 0 Å². The molecule has 5 aromatic rings. The number of nitrogens with zero attached hydrogens (tertiary/aromatic N) is 1. The lowest BCUT2D eigenvalue weighted by Crippen LogP contribution is -2.11. The molecule has 6 heteroatoms. The molecular weight excluding hydrogens is 412 g/mol. The van der Waals surface area contributed by atoms with Crippen LogP contribution in [0.15, 0.2) is 103 Å². The Morgan fingerprint density at radius 1 is 0.697 bits per heavy atom. The van der Waals surface area contributed by atoms with E-state index in [9.17, 15) is 9.59 Å². The first-order chi connectivity index (χ1) is 16.2. The van der Waals surface area contributed by atoms with Gasteiger partial charge in [-0.3, -0.25) is 14.6 Å². The van der Waals surface area contributed by atoms with E-state index in [1.807, 2.05) is 66.7 Å². The van der Waals surface area contributed by atoms with Crippen LogP contribution in [-0.4, -0.2) is 21.8 Å². The SMILES string of the molecule is O=C(Nc1ccc(-c2cc3cc(NC(=O)c4cccnc4)ccc3[nH]2)cc1)c1ccccc1. The van der Waals surface area contributed by atoms with Crippen LogP contribution in [0, 0.1) is 0 Å². The number of aromatic nitrogens is 2. The van der Waals surface area contributed by atoms with Crippen LogP contribution in [0.5, 0.6) is 0 Å². The summed E-state index contributed by atoms with van der Waals surface area (Å²) in [6.07, 6.45) is 3.17. The Balaban J connectivity index is 1.31. The summed E-state index contributed by atoms with van der Waals surface area (Å²) in [5.74, 6) is -0.346. The van der Waals surface area contributed by atoms with Crippen molar-refractivity contribution in [2.24, 2.45) is 0 Å². The van der Waals surface area contributed by atoms with E-state index in [1.165, 1.54) is 6.20 Å². The predicted molar refractivity (Wildman–Crippen MR) is 130 cm³/mol. The molecule has 0 radical (unpaired) electrons. The number of aromatic amines is 1. The monoisotopic (exact) mass is 432 g/mol. The molecule has 2 heterocycles. The molecule has 0 fully saturated rings. The summed E-state index contributed by atoms with van der Waals surface area (Å²) in [6.45, 7) is 0. The maximum Gasteiger partial charge on any atom is 0.257 e. The van der Waals surface area contributed by atoms with E-state index in [0.29, 0.717) is 16.8 Å². The van der Waals surface area contributed by atoms with Crippen LogP contribution in [0.1, 0.15) is 20.7 Å². The van der Waals surface area contributed by atoms with Crippen LogP contribution in [-0.2, 0) is 0 Å². The van der Waals surface area contributed by atoms with Crippen molar-refractivity contribution in [2.45, 2.75) is 0 Å². The van der Waals surface area contributed by atoms with Crippen molar-refractivity contribution in [3.8, 4) is 11.3 Å². The average Bonchev–Trinajstić information content (AvgIpc) is 3.29. The molecule has 0 unspecified atom stereocenters. The fourth-order valence-corrected chi connectivity index (χ4v) is 3.59. The Hall–Kier alpha value is -4.71. The van der Waals surface area contributed by atoms with E-state index in [4.69, 9.17) is 0 Å². The quantitative estimate of drug-likeness (QED) is 0.331. The molecule has 0 saturated heterocycles. The topological polar surface area (TPSA) is 86.9 Å². The minimum Gasteiger partial charge on any atom is -0.355 e. The number of anilines is 2. The minimum absolute atomic E-state index is 0.144. The molecule has 3 N–H and O–H groups in total. The standard InChI is InChI=1S/C27H20N4O2/c32-26(19-5-2-1-3-6-19)29-22-10-8-18(9-11-22)25-16-21-15-23(12-13-24(21)31-25)30-27(33)20-7-4-14-28-17-20/h1-17,31H,(H,29,32)(H,30,33). The van der Waals surface area contributed by atoms with Crippen LogP contribution in [0.4, 0.5) is 11.4 Å². The van der Waals surface area contributed by atoms with Gasteiger partial charge in [-0.25, -0.2) is 0 Å². The van der Waals surface area contributed by atoms with Crippen LogP contribution in [0.2, 0.25) is 0 Å². The first-order valence-corrected chi connectivity index (χ1v) is 10.5. The molecule has 33 heavy (non-hydrogen) atoms. The molecule has 5 rings (SSSR count). The van der Waals surface area contributed by atoms with Crippen molar-refractivity contribution in [3.05, 3.63) is 115 Å². The maximum atomic E-state index is 12.4. The summed E-state index contributed by atoms with van der Waals surface area (Å²) in [5.41, 5.74) is 5.46. The number of nitrogens with one attached hydrogen (secondary N) is 3. The van der Waals surface area contributed by atoms with Gasteiger partial charge in [0.2, 0.25) is 0 Å². The molecule has 0 saturated carbocycles. The number of H-pyrrole nitrogens is 1. The second-order valence-electron chi connectivity index (χ2n) is 7.58. The fraction of sp³-hybridized carbons (Fsp3) is 0. The molecule has 0 bridgehead atoms. The Kier molecular flexibility index (Phi) is 5.39. The number of benzene rings is 3. The normalized spacial score (nSPS) is 10.7. The Morgan fingerprint density at radius 3 is 2.15 bits per heavy atom. The zero-order chi connectivity index (χ0) is 22.6. The third kappa shape index (κ3) is 4.50. The summed E-state index contributed by atoms with van der Waals surface area (Å²) < 4.78 is 0. The van der Waals surface area contributed by atoms with Gasteiger partial charge in [-0.05, 0) is 66.2 Å². The summed E-state index contributed by atoms with van der Waals surface area (Å²) in [7, 11) is 0. The van der Waals surface area contributed by atoms with Crippen molar-refractivity contribution >= 4 is 34.1 Å². The maximum absolute atomic E-state index is 12.4. The Labute approximate surface area is 190 Å². The number of carbonyl (C=O) groups excluding carboxylic acids is 2. The van der Waals surface area contributed by atoms with Gasteiger partial charge in [-0.15, -0.1) is 0 Å². The number of hydrogen-bond acceptors (Lipinski definition) is 3. The molecule has 0 aliphatic heterocycles. The van der Waals surface area contributed by atoms with Gasteiger partial charge in [0, 0.05) is 45.9 Å². The number of carbonyl (C=O) groups is 2. The van der Waals surface area contributed by atoms with E-state index in [0.717, 1.165) is 27.8 Å². The predicted octanol–water partition coefficient (Wildman–Crippen LogP) is 5.73. The van der Waals surface area contributed by atoms with E-state index < -0.39 is 0 Å². The zero-order valence-corrected chi connectivity index (χ0v) is 17.6. The Bertz CT molecular complexity index is 1430. The highest BCUT2D eigenvalue weighted by Gasteiger charge is 2.09. The number of rotatable bonds is 5. The van der Waals surface area contributed by atoms with Crippen molar-refractivity contribution in [2.75, 3.05) is 10.6 Å². The number of hydrogen-bond donors (Lipinski definition) is 3. The van der Waals surface area contributed by atoms with Crippen molar-refractivity contribution in [3.63, 3.8) is 0 Å². The number of fused-ring (bicyclic) bond motifs is 1. The van der Waals surface area contributed by atoms with E-state index in [1.54, 1.807) is 30.5 Å². The van der Waals surface area contributed by atoms with Gasteiger partial charge in [0.15, 0.2) is 0 Å². The van der Waals surface area contributed by atoms with Gasteiger partial charge in [-0.1, -0.05) is 30.3 Å². The largest absolute Gasteiger partial charge is 0.355 e.